The highest BCUT2D eigenvalue weighted by Crippen LogP contribution is 2.24. The van der Waals surface area contributed by atoms with E-state index in [1.165, 1.54) is 0 Å². The fourth-order valence-corrected chi connectivity index (χ4v) is 4.30. The quantitative estimate of drug-likeness (QED) is 0.774. The van der Waals surface area contributed by atoms with Crippen molar-refractivity contribution >= 4 is 40.9 Å². The molecule has 0 bridgehead atoms. The zero-order chi connectivity index (χ0) is 19.9. The van der Waals surface area contributed by atoms with Crippen LogP contribution in [0.5, 0.6) is 0 Å². The van der Waals surface area contributed by atoms with Gasteiger partial charge in [0.25, 0.3) is 0 Å². The van der Waals surface area contributed by atoms with Gasteiger partial charge in [-0.05, 0) is 54.8 Å². The van der Waals surface area contributed by atoms with E-state index in [2.05, 4.69) is 5.32 Å². The number of hydrogen-bond acceptors (Lipinski definition) is 4. The van der Waals surface area contributed by atoms with Crippen LogP contribution < -0.4 is 5.32 Å². The number of amides is 2. The third-order valence-electron chi connectivity index (χ3n) is 4.56. The fraction of sp³-hybridized carbons (Fsp3) is 0.286. The Morgan fingerprint density at radius 1 is 1.18 bits per heavy atom. The molecule has 1 aliphatic rings. The molecule has 2 aromatic rings. The van der Waals surface area contributed by atoms with Crippen molar-refractivity contribution in [2.45, 2.75) is 25.3 Å². The van der Waals surface area contributed by atoms with E-state index >= 15 is 0 Å². The van der Waals surface area contributed by atoms with Crippen LogP contribution in [0.3, 0.4) is 0 Å². The van der Waals surface area contributed by atoms with E-state index in [0.717, 1.165) is 18.4 Å². The summed E-state index contributed by atoms with van der Waals surface area (Å²) in [6.45, 7) is 0. The van der Waals surface area contributed by atoms with E-state index in [1.807, 2.05) is 30.3 Å². The Labute approximate surface area is 173 Å². The first kappa shape index (κ1) is 20.2. The molecule has 1 unspecified atom stereocenters. The Bertz CT molecular complexity index is 878. The standard InChI is InChI=1S/C21H20ClN3O2S/c22-17-8-4-15(5-9-17)2-1-3-20(26)25-14-28-13-19(25)21(27)24-18-10-6-16(12-23)7-11-18/h4-11,19H,1-3,13-14H2,(H,24,27). The van der Waals surface area contributed by atoms with Gasteiger partial charge in [0.05, 0.1) is 17.5 Å². The molecule has 7 heteroatoms. The van der Waals surface area contributed by atoms with Gasteiger partial charge in [-0.3, -0.25) is 9.59 Å². The lowest BCUT2D eigenvalue weighted by molar-refractivity contribution is -0.136. The molecule has 2 amide bonds. The predicted molar refractivity (Wildman–Crippen MR) is 112 cm³/mol. The summed E-state index contributed by atoms with van der Waals surface area (Å²) in [4.78, 5) is 26.9. The van der Waals surface area contributed by atoms with Gasteiger partial charge in [-0.2, -0.15) is 5.26 Å². The minimum atomic E-state index is -0.469. The summed E-state index contributed by atoms with van der Waals surface area (Å²) in [5.74, 6) is 0.927. The van der Waals surface area contributed by atoms with Crippen LogP contribution in [0.4, 0.5) is 5.69 Å². The molecule has 1 heterocycles. The fourth-order valence-electron chi connectivity index (χ4n) is 3.00. The van der Waals surface area contributed by atoms with E-state index < -0.39 is 6.04 Å². The van der Waals surface area contributed by atoms with Crippen LogP contribution >= 0.6 is 23.4 Å². The number of nitrogens with one attached hydrogen (secondary N) is 1. The number of aryl methyl sites for hydroxylation is 1. The van der Waals surface area contributed by atoms with Crippen molar-refractivity contribution in [1.82, 2.24) is 4.90 Å². The first-order valence-electron chi connectivity index (χ1n) is 8.99. The molecule has 2 aromatic carbocycles. The lowest BCUT2D eigenvalue weighted by atomic mass is 10.1. The van der Waals surface area contributed by atoms with Crippen molar-refractivity contribution < 1.29 is 9.59 Å². The Morgan fingerprint density at radius 3 is 2.57 bits per heavy atom. The van der Waals surface area contributed by atoms with Crippen LogP contribution in [0.25, 0.3) is 0 Å². The molecule has 144 valence electrons. The highest BCUT2D eigenvalue weighted by Gasteiger charge is 2.34. The van der Waals surface area contributed by atoms with E-state index in [0.29, 0.717) is 34.3 Å². The zero-order valence-electron chi connectivity index (χ0n) is 15.2. The molecule has 0 radical (unpaired) electrons. The first-order valence-corrected chi connectivity index (χ1v) is 10.5. The Kier molecular flexibility index (Phi) is 6.96. The maximum Gasteiger partial charge on any atom is 0.248 e. The number of anilines is 1. The van der Waals surface area contributed by atoms with Gasteiger partial charge < -0.3 is 10.2 Å². The molecular weight excluding hydrogens is 394 g/mol. The maximum absolute atomic E-state index is 12.6. The minimum absolute atomic E-state index is 0.000980. The number of hydrogen-bond donors (Lipinski definition) is 1. The second-order valence-electron chi connectivity index (χ2n) is 6.54. The van der Waals surface area contributed by atoms with Crippen molar-refractivity contribution in [3.8, 4) is 6.07 Å². The summed E-state index contributed by atoms with van der Waals surface area (Å²) in [6.07, 6.45) is 1.93. The van der Waals surface area contributed by atoms with Crippen molar-refractivity contribution in [1.29, 1.82) is 5.26 Å². The molecule has 3 rings (SSSR count). The van der Waals surface area contributed by atoms with Gasteiger partial charge in [0.2, 0.25) is 11.8 Å². The number of carbonyl (C=O) groups is 2. The molecule has 1 aliphatic heterocycles. The van der Waals surface area contributed by atoms with E-state index in [4.69, 9.17) is 16.9 Å². The van der Waals surface area contributed by atoms with Crippen LogP contribution in [0.15, 0.2) is 48.5 Å². The van der Waals surface area contributed by atoms with Gasteiger partial charge in [0.1, 0.15) is 6.04 Å². The molecular formula is C21H20ClN3O2S. The van der Waals surface area contributed by atoms with Crippen molar-refractivity contribution in [2.75, 3.05) is 16.9 Å². The molecule has 0 spiro atoms. The predicted octanol–water partition coefficient (Wildman–Crippen LogP) is 4.07. The molecule has 5 nitrogen and oxygen atoms in total. The number of thioether (sulfide) groups is 1. The lowest BCUT2D eigenvalue weighted by Gasteiger charge is -2.23. The van der Waals surface area contributed by atoms with Crippen molar-refractivity contribution in [3.63, 3.8) is 0 Å². The van der Waals surface area contributed by atoms with Gasteiger partial charge in [0, 0.05) is 22.9 Å². The van der Waals surface area contributed by atoms with Gasteiger partial charge in [-0.1, -0.05) is 23.7 Å². The third kappa shape index (κ3) is 5.28. The molecule has 1 saturated heterocycles. The summed E-state index contributed by atoms with van der Waals surface area (Å²) >= 11 is 7.47. The highest BCUT2D eigenvalue weighted by atomic mass is 35.5. The van der Waals surface area contributed by atoms with Crippen LogP contribution in [0.2, 0.25) is 5.02 Å². The van der Waals surface area contributed by atoms with Crippen LogP contribution in [-0.2, 0) is 16.0 Å². The minimum Gasteiger partial charge on any atom is -0.324 e. The molecule has 0 aromatic heterocycles. The lowest BCUT2D eigenvalue weighted by Crippen LogP contribution is -2.44. The molecule has 1 atom stereocenters. The Balaban J connectivity index is 1.52. The van der Waals surface area contributed by atoms with E-state index in [9.17, 15) is 9.59 Å². The molecule has 0 saturated carbocycles. The topological polar surface area (TPSA) is 73.2 Å². The summed E-state index contributed by atoms with van der Waals surface area (Å²) in [5, 5.41) is 12.4. The van der Waals surface area contributed by atoms with Crippen molar-refractivity contribution in [3.05, 3.63) is 64.7 Å². The Morgan fingerprint density at radius 2 is 1.89 bits per heavy atom. The highest BCUT2D eigenvalue weighted by molar-refractivity contribution is 7.99. The van der Waals surface area contributed by atoms with E-state index in [1.54, 1.807) is 40.9 Å². The number of nitriles is 1. The number of halogens is 1. The molecule has 28 heavy (non-hydrogen) atoms. The van der Waals surface area contributed by atoms with E-state index in [-0.39, 0.29) is 11.8 Å². The van der Waals surface area contributed by atoms with Crippen LogP contribution in [0, 0.1) is 11.3 Å². The maximum atomic E-state index is 12.6. The SMILES string of the molecule is N#Cc1ccc(NC(=O)C2CSCN2C(=O)CCCc2ccc(Cl)cc2)cc1. The summed E-state index contributed by atoms with van der Waals surface area (Å²) < 4.78 is 0. The monoisotopic (exact) mass is 413 g/mol. The summed E-state index contributed by atoms with van der Waals surface area (Å²) in [5.41, 5.74) is 2.30. The molecule has 1 N–H and O–H groups in total. The van der Waals surface area contributed by atoms with Crippen LogP contribution in [0.1, 0.15) is 24.0 Å². The van der Waals surface area contributed by atoms with Gasteiger partial charge >= 0.3 is 0 Å². The first-order chi connectivity index (χ1) is 13.6. The molecule has 0 aliphatic carbocycles. The Hall–Kier alpha value is -2.49. The average molecular weight is 414 g/mol. The second-order valence-corrected chi connectivity index (χ2v) is 7.97. The largest absolute Gasteiger partial charge is 0.324 e. The third-order valence-corrected chi connectivity index (χ3v) is 5.82. The number of nitrogens with zero attached hydrogens (tertiary/aromatic N) is 2. The summed E-state index contributed by atoms with van der Waals surface area (Å²) in [7, 11) is 0. The second kappa shape index (κ2) is 9.63. The number of rotatable bonds is 6. The smallest absolute Gasteiger partial charge is 0.248 e. The normalized spacial score (nSPS) is 15.9. The number of benzene rings is 2. The molecule has 1 fully saturated rings. The van der Waals surface area contributed by atoms with Crippen molar-refractivity contribution in [2.24, 2.45) is 0 Å². The van der Waals surface area contributed by atoms with Gasteiger partial charge in [-0.15, -0.1) is 11.8 Å². The summed E-state index contributed by atoms with van der Waals surface area (Å²) in [6, 6.07) is 15.9. The average Bonchev–Trinajstić information content (AvgIpc) is 3.20. The van der Waals surface area contributed by atoms with Gasteiger partial charge in [-0.25, -0.2) is 0 Å². The number of carbonyl (C=O) groups excluding carboxylic acids is 2. The zero-order valence-corrected chi connectivity index (χ0v) is 16.8. The van der Waals surface area contributed by atoms with Crippen LogP contribution in [-0.4, -0.2) is 34.4 Å². The van der Waals surface area contributed by atoms with Gasteiger partial charge in [0.15, 0.2) is 0 Å².